The molecule has 8 aromatic heterocycles. The SMILES string of the molecule is Cn1c2ccc(-c3ccccc3)cc2c2cc(-c3ccc4c5ccccc5n(C)c4c3)ccc21.Cn1c2ccccc2c2cc(-c3cccc(-c4ccc5c6ccccc6n(C)c5c4)c3)ccc21.Cn1c2ccccc2c2cc(-c3ccccc3-c3cccc4c3c3ccccc3n4C)ccc21.Cn1c2ccccc2c2cc(-c3ccccc3-c3ccccc3-c3ccc4c(c3)c3ccccc3n4C)ccc21. The van der Waals surface area contributed by atoms with Gasteiger partial charge in [-0.15, -0.1) is 0 Å². The molecule has 8 nitrogen and oxygen atoms in total. The van der Waals surface area contributed by atoms with Crippen molar-refractivity contribution in [1.29, 1.82) is 0 Å². The molecule has 0 bridgehead atoms. The lowest BCUT2D eigenvalue weighted by molar-refractivity contribution is 1.01. The Hall–Kier alpha value is -18.0. The maximum atomic E-state index is 2.36. The highest BCUT2D eigenvalue weighted by molar-refractivity contribution is 6.19. The van der Waals surface area contributed by atoms with E-state index in [1.807, 2.05) is 0 Å². The third-order valence-electron chi connectivity index (χ3n) is 30.7. The maximum absolute atomic E-state index is 2.36. The van der Waals surface area contributed by atoms with Gasteiger partial charge in [0.25, 0.3) is 0 Å². The van der Waals surface area contributed by atoms with E-state index in [-0.39, 0.29) is 0 Å². The first-order valence-electron chi connectivity index (χ1n) is 49.1. The summed E-state index contributed by atoms with van der Waals surface area (Å²) in [6, 6.07) is 168. The van der Waals surface area contributed by atoms with E-state index in [0.29, 0.717) is 0 Å². The van der Waals surface area contributed by atoms with Gasteiger partial charge in [-0.25, -0.2) is 0 Å². The van der Waals surface area contributed by atoms with Gasteiger partial charge in [0.15, 0.2) is 0 Å². The van der Waals surface area contributed by atoms with E-state index in [1.165, 1.54) is 275 Å². The molecule has 0 fully saturated rings. The Balaban J connectivity index is 0.0000000972. The summed E-state index contributed by atoms with van der Waals surface area (Å²) < 4.78 is 18.4. The second kappa shape index (κ2) is 34.0. The molecule has 0 aliphatic rings. The Morgan fingerprint density at radius 2 is 0.289 bits per heavy atom. The molecule has 29 rings (SSSR count). The summed E-state index contributed by atoms with van der Waals surface area (Å²) in [4.78, 5) is 0. The number of benzene rings is 21. The smallest absolute Gasteiger partial charge is 0.0495 e. The minimum Gasteiger partial charge on any atom is -0.344 e. The van der Waals surface area contributed by atoms with E-state index >= 15 is 0 Å². The first-order valence-corrected chi connectivity index (χ1v) is 49.1. The molecule has 0 amide bonds. The van der Waals surface area contributed by atoms with Gasteiger partial charge in [0, 0.05) is 231 Å². The van der Waals surface area contributed by atoms with Crippen molar-refractivity contribution in [2.45, 2.75) is 0 Å². The second-order valence-corrected chi connectivity index (χ2v) is 38.2. The highest BCUT2D eigenvalue weighted by atomic mass is 15.0. The van der Waals surface area contributed by atoms with Gasteiger partial charge in [-0.05, 0) is 240 Å². The van der Waals surface area contributed by atoms with Gasteiger partial charge < -0.3 is 36.5 Å². The Kier molecular flexibility index (Phi) is 20.3. The van der Waals surface area contributed by atoms with Crippen molar-refractivity contribution in [2.75, 3.05) is 0 Å². The van der Waals surface area contributed by atoms with Crippen molar-refractivity contribution in [3.8, 4) is 100 Å². The van der Waals surface area contributed by atoms with Crippen LogP contribution in [0.1, 0.15) is 0 Å². The molecular weight excluding hydrogens is 1720 g/mol. The van der Waals surface area contributed by atoms with Crippen LogP contribution in [0.25, 0.3) is 275 Å². The molecule has 0 aliphatic heterocycles. The minimum atomic E-state index is 1.23. The molecule has 0 spiro atoms. The van der Waals surface area contributed by atoms with Crippen LogP contribution in [0.4, 0.5) is 0 Å². The van der Waals surface area contributed by atoms with E-state index in [1.54, 1.807) is 0 Å². The molecule has 0 atom stereocenters. The number of aromatic nitrogens is 8. The summed E-state index contributed by atoms with van der Waals surface area (Å²) in [6.45, 7) is 0. The van der Waals surface area contributed by atoms with Gasteiger partial charge in [0.05, 0.1) is 0 Å². The number of para-hydroxylation sites is 7. The predicted molar refractivity (Wildman–Crippen MR) is 607 cm³/mol. The molecule has 8 heterocycles. The van der Waals surface area contributed by atoms with Crippen LogP contribution in [0.3, 0.4) is 0 Å². The van der Waals surface area contributed by atoms with Crippen molar-refractivity contribution in [2.24, 2.45) is 56.4 Å². The van der Waals surface area contributed by atoms with Crippen LogP contribution in [0.15, 0.2) is 461 Å². The Morgan fingerprint density at radius 1 is 0.0986 bits per heavy atom. The topological polar surface area (TPSA) is 39.4 Å². The lowest BCUT2D eigenvalue weighted by atomic mass is 9.89. The van der Waals surface area contributed by atoms with Gasteiger partial charge in [-0.1, -0.05) is 322 Å². The Labute approximate surface area is 822 Å². The first kappa shape index (κ1) is 84.5. The van der Waals surface area contributed by atoms with E-state index in [2.05, 4.69) is 554 Å². The first-order chi connectivity index (χ1) is 69.8. The average Bonchev–Trinajstić information content (AvgIpc) is 1.57. The van der Waals surface area contributed by atoms with Crippen molar-refractivity contribution in [1.82, 2.24) is 36.5 Å². The highest BCUT2D eigenvalue weighted by Gasteiger charge is 2.23. The molecule has 8 heteroatoms. The van der Waals surface area contributed by atoms with E-state index in [4.69, 9.17) is 0 Å². The monoisotopic (exact) mass is 1820 g/mol. The molecule has 0 aliphatic carbocycles. The maximum Gasteiger partial charge on any atom is 0.0495 e. The lowest BCUT2D eigenvalue weighted by Crippen LogP contribution is -1.90. The number of aryl methyl sites for hydroxylation is 8. The van der Waals surface area contributed by atoms with Crippen LogP contribution in [0.2, 0.25) is 0 Å². The van der Waals surface area contributed by atoms with Gasteiger partial charge in [0.2, 0.25) is 0 Å². The molecular formula is C134H100N8. The molecule has 142 heavy (non-hydrogen) atoms. The molecule has 0 saturated heterocycles. The normalized spacial score (nSPS) is 11.8. The van der Waals surface area contributed by atoms with Crippen molar-refractivity contribution in [3.63, 3.8) is 0 Å². The third kappa shape index (κ3) is 13.8. The zero-order valence-corrected chi connectivity index (χ0v) is 80.5. The largest absolute Gasteiger partial charge is 0.344 e. The Morgan fingerprint density at radius 3 is 0.641 bits per heavy atom. The van der Waals surface area contributed by atoms with Crippen LogP contribution < -0.4 is 0 Å². The van der Waals surface area contributed by atoms with Crippen LogP contribution in [0, 0.1) is 0 Å². The summed E-state index contributed by atoms with van der Waals surface area (Å²) in [6.07, 6.45) is 0. The van der Waals surface area contributed by atoms with Gasteiger partial charge in [0.1, 0.15) is 0 Å². The number of hydrogen-bond donors (Lipinski definition) is 0. The van der Waals surface area contributed by atoms with E-state index in [9.17, 15) is 0 Å². The van der Waals surface area contributed by atoms with E-state index < -0.39 is 0 Å². The number of fused-ring (bicyclic) bond motifs is 24. The lowest BCUT2D eigenvalue weighted by Gasteiger charge is -2.15. The number of hydrogen-bond acceptors (Lipinski definition) is 0. The predicted octanol–water partition coefficient (Wildman–Crippen LogP) is 34.9. The molecule has 676 valence electrons. The fraction of sp³-hybridized carbons (Fsp3) is 0.0597. The van der Waals surface area contributed by atoms with Gasteiger partial charge in [-0.2, -0.15) is 0 Å². The third-order valence-corrected chi connectivity index (χ3v) is 30.7. The van der Waals surface area contributed by atoms with E-state index in [0.717, 1.165) is 0 Å². The fourth-order valence-corrected chi connectivity index (χ4v) is 23.5. The summed E-state index contributed by atoms with van der Waals surface area (Å²) in [5, 5.41) is 20.8. The standard InChI is InChI=1S/C38H28N2.3C32H24N2/c1-39-35-17-9-7-15-31(35)33-23-25(19-21-37(33)39)27-11-3-5-13-29(27)30-14-6-4-12-28(30)26-20-22-38-34(24-26)32-16-8-10-18-36(32)40(38)2;1-33-30-13-6-4-11-26(30)28-19-23(15-17-31(28)33)21-8-7-9-22(18-21)24-14-16-27-25-10-3-5-12-29(25)34(2)32(27)20-24;1-33-28-15-7-5-12-24(28)27-20-21(18-19-30(27)33)22-10-3-4-11-23(22)25-14-9-17-31-32(25)26-13-6-8-16-29(26)34(31)2;1-33-30-16-13-22(21-8-4-3-5-9-21)18-27(30)28-19-23(14-17-31(28)33)24-12-15-26-25-10-6-7-11-29(25)34(2)32(26)20-24/h3-24H,1-2H3;3*3-20H,1-2H3. The van der Waals surface area contributed by atoms with Gasteiger partial charge >= 0.3 is 0 Å². The Bertz CT molecular complexity index is 10000. The molecule has 0 radical (unpaired) electrons. The van der Waals surface area contributed by atoms with Crippen LogP contribution in [-0.4, -0.2) is 36.5 Å². The van der Waals surface area contributed by atoms with Gasteiger partial charge in [-0.3, -0.25) is 0 Å². The van der Waals surface area contributed by atoms with Crippen LogP contribution in [0.5, 0.6) is 0 Å². The number of rotatable bonds is 9. The molecule has 21 aromatic carbocycles. The van der Waals surface area contributed by atoms with Crippen molar-refractivity contribution in [3.05, 3.63) is 461 Å². The zero-order valence-electron chi connectivity index (χ0n) is 80.5. The highest BCUT2D eigenvalue weighted by Crippen LogP contribution is 2.47. The summed E-state index contributed by atoms with van der Waals surface area (Å²) in [7, 11) is 17.2. The minimum absolute atomic E-state index is 1.23. The summed E-state index contributed by atoms with van der Waals surface area (Å²) in [5.41, 5.74) is 42.7. The quantitative estimate of drug-likeness (QED) is 0.138. The van der Waals surface area contributed by atoms with Crippen molar-refractivity contribution < 1.29 is 0 Å². The molecule has 29 aromatic rings. The summed E-state index contributed by atoms with van der Waals surface area (Å²) in [5.74, 6) is 0. The molecule has 0 N–H and O–H groups in total. The second-order valence-electron chi connectivity index (χ2n) is 38.2. The average molecular weight is 1820 g/mol. The van der Waals surface area contributed by atoms with Crippen molar-refractivity contribution >= 4 is 174 Å². The molecule has 0 unspecified atom stereocenters. The molecule has 0 saturated carbocycles. The summed E-state index contributed by atoms with van der Waals surface area (Å²) >= 11 is 0. The zero-order chi connectivity index (χ0) is 95.2. The fourth-order valence-electron chi connectivity index (χ4n) is 23.5. The number of nitrogens with zero attached hydrogens (tertiary/aromatic N) is 8. The van der Waals surface area contributed by atoms with Crippen LogP contribution >= 0.6 is 0 Å². The van der Waals surface area contributed by atoms with Crippen LogP contribution in [-0.2, 0) is 56.4 Å².